The number of carboxylic acid groups (broad SMARTS) is 1. The van der Waals surface area contributed by atoms with Crippen molar-refractivity contribution in [3.63, 3.8) is 0 Å². The second kappa shape index (κ2) is 8.99. The molecule has 3 heterocycles. The Labute approximate surface area is 210 Å². The fourth-order valence-electron chi connectivity index (χ4n) is 5.17. The largest absolute Gasteiger partial charge is 0.488 e. The Morgan fingerprint density at radius 2 is 1.77 bits per heavy atom. The van der Waals surface area contributed by atoms with Gasteiger partial charge in [-0.15, -0.1) is 0 Å². The van der Waals surface area contributed by atoms with Gasteiger partial charge in [0.15, 0.2) is 0 Å². The van der Waals surface area contributed by atoms with Crippen LogP contribution in [0.2, 0.25) is 0 Å². The number of nitrogens with zero attached hydrogens (tertiary/aromatic N) is 3. The van der Waals surface area contributed by atoms with Crippen LogP contribution in [0.5, 0.6) is 5.75 Å². The third-order valence-corrected chi connectivity index (χ3v) is 7.68. The average molecular weight is 542 g/mol. The molecule has 2 atom stereocenters. The van der Waals surface area contributed by atoms with Crippen molar-refractivity contribution in [3.05, 3.63) is 63.1 Å². The van der Waals surface area contributed by atoms with Gasteiger partial charge in [0.05, 0.1) is 30.3 Å². The second-order valence-corrected chi connectivity index (χ2v) is 9.79. The molecule has 1 unspecified atom stereocenters. The van der Waals surface area contributed by atoms with Crippen LogP contribution >= 0.6 is 15.9 Å². The fraction of sp³-hybridized carbons (Fsp3) is 0.360. The number of halogens is 1. The van der Waals surface area contributed by atoms with Crippen molar-refractivity contribution < 1.29 is 29.0 Å². The van der Waals surface area contributed by atoms with Crippen LogP contribution < -0.4 is 4.74 Å². The number of ether oxygens (including phenoxy) is 1. The summed E-state index contributed by atoms with van der Waals surface area (Å²) in [5.41, 5.74) is 2.17. The van der Waals surface area contributed by atoms with Gasteiger partial charge in [0.2, 0.25) is 5.91 Å². The molecule has 0 aromatic heterocycles. The molecule has 5 rings (SSSR count). The van der Waals surface area contributed by atoms with E-state index in [1.165, 1.54) is 11.8 Å². The van der Waals surface area contributed by atoms with Crippen molar-refractivity contribution in [2.24, 2.45) is 0 Å². The van der Waals surface area contributed by atoms with Gasteiger partial charge in [-0.2, -0.15) is 0 Å². The fourth-order valence-corrected chi connectivity index (χ4v) is 5.71. The van der Waals surface area contributed by atoms with Crippen LogP contribution in [-0.2, 0) is 11.2 Å². The standard InChI is InChI=1S/C25H24BrN3O6/c1-14(30)27-10-8-15(12-27)35-21-7-6-19(26)18-9-11-28(25(33)34)20(22(18)21)13-29-23(31)16-4-2-3-5-17(16)24(29)32/h2-7,15,20H,8-13H2,1H3,(H,33,34)/t15?,20-/m1/s1. The molecule has 2 aromatic rings. The van der Waals surface area contributed by atoms with Crippen LogP contribution in [0.4, 0.5) is 4.79 Å². The molecule has 0 saturated carbocycles. The van der Waals surface area contributed by atoms with Crippen LogP contribution in [-0.4, -0.2) is 75.9 Å². The summed E-state index contributed by atoms with van der Waals surface area (Å²) in [5.74, 6) is -0.387. The predicted octanol–water partition coefficient (Wildman–Crippen LogP) is 3.32. The molecule has 4 amide bonds. The zero-order valence-corrected chi connectivity index (χ0v) is 20.7. The molecule has 2 aromatic carbocycles. The molecule has 1 fully saturated rings. The Bertz CT molecular complexity index is 1210. The van der Waals surface area contributed by atoms with Crippen LogP contribution in [0.15, 0.2) is 40.9 Å². The van der Waals surface area contributed by atoms with Crippen LogP contribution in [0.3, 0.4) is 0 Å². The number of fused-ring (bicyclic) bond motifs is 2. The van der Waals surface area contributed by atoms with Crippen LogP contribution in [0, 0.1) is 0 Å². The molecule has 0 aliphatic carbocycles. The van der Waals surface area contributed by atoms with Gasteiger partial charge in [-0.25, -0.2) is 4.79 Å². The lowest BCUT2D eigenvalue weighted by Gasteiger charge is -2.38. The number of amides is 4. The SMILES string of the molecule is CC(=O)N1CCC(Oc2ccc(Br)c3c2[C@@H](CN2C(=O)c4ccccc4C2=O)N(C(=O)O)CC3)C1. The molecular formula is C25H24BrN3O6. The first-order valence-electron chi connectivity index (χ1n) is 11.4. The molecule has 0 bridgehead atoms. The molecule has 3 aliphatic heterocycles. The van der Waals surface area contributed by atoms with E-state index in [-0.39, 0.29) is 25.1 Å². The first-order chi connectivity index (χ1) is 16.8. The highest BCUT2D eigenvalue weighted by molar-refractivity contribution is 9.10. The average Bonchev–Trinajstić information content (AvgIpc) is 3.40. The number of carbonyl (C=O) groups is 4. The zero-order valence-electron chi connectivity index (χ0n) is 19.1. The summed E-state index contributed by atoms with van der Waals surface area (Å²) in [6.45, 7) is 2.67. The number of rotatable bonds is 4. The lowest BCUT2D eigenvalue weighted by molar-refractivity contribution is -0.128. The van der Waals surface area contributed by atoms with E-state index in [4.69, 9.17) is 4.74 Å². The van der Waals surface area contributed by atoms with E-state index in [1.807, 2.05) is 6.07 Å². The number of hydrogen-bond acceptors (Lipinski definition) is 5. The molecule has 9 nitrogen and oxygen atoms in total. The summed E-state index contributed by atoms with van der Waals surface area (Å²) in [6, 6.07) is 9.44. The molecule has 1 saturated heterocycles. The summed E-state index contributed by atoms with van der Waals surface area (Å²) in [6.07, 6.45) is -0.241. The number of likely N-dealkylation sites (tertiary alicyclic amines) is 1. The molecule has 182 valence electrons. The maximum absolute atomic E-state index is 13.1. The van der Waals surface area contributed by atoms with Gasteiger partial charge in [0.1, 0.15) is 11.9 Å². The number of imide groups is 1. The topological polar surface area (TPSA) is 107 Å². The Morgan fingerprint density at radius 3 is 2.37 bits per heavy atom. The van der Waals surface area contributed by atoms with E-state index >= 15 is 0 Å². The maximum Gasteiger partial charge on any atom is 0.407 e. The minimum atomic E-state index is -1.13. The van der Waals surface area contributed by atoms with E-state index in [0.29, 0.717) is 48.4 Å². The number of carbonyl (C=O) groups excluding carboxylic acids is 3. The summed E-state index contributed by atoms with van der Waals surface area (Å²) in [5, 5.41) is 9.99. The Balaban J connectivity index is 1.51. The van der Waals surface area contributed by atoms with Crippen LogP contribution in [0.25, 0.3) is 0 Å². The van der Waals surface area contributed by atoms with Crippen molar-refractivity contribution >= 4 is 39.7 Å². The Morgan fingerprint density at radius 1 is 1.09 bits per heavy atom. The third-order valence-electron chi connectivity index (χ3n) is 6.94. The van der Waals surface area contributed by atoms with E-state index in [0.717, 1.165) is 14.9 Å². The van der Waals surface area contributed by atoms with Gasteiger partial charge in [0, 0.05) is 36.5 Å². The van der Waals surface area contributed by atoms with Crippen LogP contribution in [0.1, 0.15) is 51.2 Å². The summed E-state index contributed by atoms with van der Waals surface area (Å²) >= 11 is 3.58. The lowest BCUT2D eigenvalue weighted by atomic mass is 9.91. The van der Waals surface area contributed by atoms with Crippen molar-refractivity contribution in [1.82, 2.24) is 14.7 Å². The molecular weight excluding hydrogens is 518 g/mol. The highest BCUT2D eigenvalue weighted by Gasteiger charge is 2.42. The van der Waals surface area contributed by atoms with E-state index in [9.17, 15) is 24.3 Å². The third kappa shape index (κ3) is 4.05. The molecule has 3 aliphatic rings. The molecule has 35 heavy (non-hydrogen) atoms. The van der Waals surface area contributed by atoms with Gasteiger partial charge in [-0.05, 0) is 36.2 Å². The minimum absolute atomic E-state index is 0.0190. The second-order valence-electron chi connectivity index (χ2n) is 8.94. The highest BCUT2D eigenvalue weighted by Crippen LogP contribution is 2.42. The number of hydrogen-bond donors (Lipinski definition) is 1. The van der Waals surface area contributed by atoms with Crippen molar-refractivity contribution in [2.75, 3.05) is 26.2 Å². The molecule has 0 spiro atoms. The van der Waals surface area contributed by atoms with Crippen molar-refractivity contribution in [3.8, 4) is 5.75 Å². The first kappa shape index (κ1) is 23.3. The lowest BCUT2D eigenvalue weighted by Crippen LogP contribution is -2.46. The normalized spacial score (nSPS) is 21.3. The summed E-state index contributed by atoms with van der Waals surface area (Å²) in [7, 11) is 0. The van der Waals surface area contributed by atoms with E-state index in [1.54, 1.807) is 35.2 Å². The monoisotopic (exact) mass is 541 g/mol. The zero-order chi connectivity index (χ0) is 24.9. The van der Waals surface area contributed by atoms with E-state index < -0.39 is 23.9 Å². The van der Waals surface area contributed by atoms with Gasteiger partial charge < -0.3 is 14.7 Å². The summed E-state index contributed by atoms with van der Waals surface area (Å²) in [4.78, 5) is 54.2. The molecule has 10 heteroatoms. The summed E-state index contributed by atoms with van der Waals surface area (Å²) < 4.78 is 7.14. The quantitative estimate of drug-likeness (QED) is 0.595. The smallest absolute Gasteiger partial charge is 0.407 e. The Kier molecular flexibility index (Phi) is 6.00. The maximum atomic E-state index is 13.1. The predicted molar refractivity (Wildman–Crippen MR) is 128 cm³/mol. The first-order valence-corrected chi connectivity index (χ1v) is 12.2. The van der Waals surface area contributed by atoms with Crippen molar-refractivity contribution in [1.29, 1.82) is 0 Å². The Hall–Kier alpha value is -3.40. The molecule has 0 radical (unpaired) electrons. The highest BCUT2D eigenvalue weighted by atomic mass is 79.9. The van der Waals surface area contributed by atoms with Gasteiger partial charge in [-0.3, -0.25) is 24.2 Å². The van der Waals surface area contributed by atoms with E-state index in [2.05, 4.69) is 15.9 Å². The minimum Gasteiger partial charge on any atom is -0.488 e. The van der Waals surface area contributed by atoms with Gasteiger partial charge >= 0.3 is 6.09 Å². The van der Waals surface area contributed by atoms with Gasteiger partial charge in [-0.1, -0.05) is 28.1 Å². The molecule has 1 N–H and O–H groups in total. The number of benzene rings is 2. The van der Waals surface area contributed by atoms with Gasteiger partial charge in [0.25, 0.3) is 11.8 Å². The van der Waals surface area contributed by atoms with Crippen molar-refractivity contribution in [2.45, 2.75) is 31.9 Å².